The Morgan fingerprint density at radius 3 is 2.71 bits per heavy atom. The zero-order chi connectivity index (χ0) is 12.3. The predicted octanol–water partition coefficient (Wildman–Crippen LogP) is 3.18. The van der Waals surface area contributed by atoms with E-state index in [0.717, 1.165) is 37.3 Å². The molecule has 1 aliphatic carbocycles. The van der Waals surface area contributed by atoms with Crippen molar-refractivity contribution in [3.63, 3.8) is 0 Å². The monoisotopic (exact) mass is 237 g/mol. The molecule has 0 saturated heterocycles. The summed E-state index contributed by atoms with van der Waals surface area (Å²) in [5.41, 5.74) is 0.494. The van der Waals surface area contributed by atoms with Crippen molar-refractivity contribution in [3.05, 3.63) is 30.1 Å². The third-order valence-electron chi connectivity index (χ3n) is 3.77. The highest BCUT2D eigenvalue weighted by atomic mass is 19.1. The lowest BCUT2D eigenvalue weighted by Gasteiger charge is -2.39. The highest BCUT2D eigenvalue weighted by molar-refractivity contribution is 5.46. The number of hydrogen-bond donors (Lipinski definition) is 2. The van der Waals surface area contributed by atoms with Crippen molar-refractivity contribution in [2.75, 3.05) is 11.9 Å². The molecule has 0 bridgehead atoms. The van der Waals surface area contributed by atoms with Crippen LogP contribution < -0.4 is 5.32 Å². The molecule has 1 aromatic rings. The fourth-order valence-electron chi connectivity index (χ4n) is 2.51. The van der Waals surface area contributed by atoms with Crippen LogP contribution in [0.15, 0.2) is 24.3 Å². The molecule has 0 aliphatic heterocycles. The lowest BCUT2D eigenvalue weighted by Crippen LogP contribution is -2.45. The van der Waals surface area contributed by atoms with Gasteiger partial charge in [-0.25, -0.2) is 4.39 Å². The maximum atomic E-state index is 13.1. The van der Waals surface area contributed by atoms with E-state index in [1.54, 1.807) is 6.07 Å². The minimum atomic E-state index is -0.264. The maximum absolute atomic E-state index is 13.1. The van der Waals surface area contributed by atoms with E-state index in [9.17, 15) is 9.50 Å². The van der Waals surface area contributed by atoms with Crippen LogP contribution in [0.1, 0.15) is 32.6 Å². The minimum Gasteiger partial charge on any atom is -0.394 e. The van der Waals surface area contributed by atoms with E-state index in [0.29, 0.717) is 0 Å². The average Bonchev–Trinajstić information content (AvgIpc) is 2.33. The summed E-state index contributed by atoms with van der Waals surface area (Å²) in [6, 6.07) is 6.45. The van der Waals surface area contributed by atoms with E-state index < -0.39 is 0 Å². The van der Waals surface area contributed by atoms with Crippen molar-refractivity contribution in [3.8, 4) is 0 Å². The first kappa shape index (κ1) is 12.4. The first-order chi connectivity index (χ1) is 8.13. The zero-order valence-corrected chi connectivity index (χ0v) is 10.2. The van der Waals surface area contributed by atoms with Crippen molar-refractivity contribution >= 4 is 5.69 Å². The van der Waals surface area contributed by atoms with Gasteiger partial charge in [-0.15, -0.1) is 0 Å². The van der Waals surface area contributed by atoms with Gasteiger partial charge < -0.3 is 10.4 Å². The number of anilines is 1. The van der Waals surface area contributed by atoms with E-state index in [2.05, 4.69) is 12.2 Å². The number of halogens is 1. The van der Waals surface area contributed by atoms with Gasteiger partial charge in [0, 0.05) is 5.69 Å². The molecule has 1 saturated carbocycles. The number of aliphatic hydroxyl groups is 1. The van der Waals surface area contributed by atoms with Crippen LogP contribution in [0.4, 0.5) is 10.1 Å². The standard InChI is InChI=1S/C14H20FNO/c1-11-5-7-14(10-17,8-6-11)16-13-4-2-3-12(15)9-13/h2-4,9,11,16-17H,5-8,10H2,1H3. The molecule has 3 heteroatoms. The van der Waals surface area contributed by atoms with Gasteiger partial charge in [-0.05, 0) is 49.8 Å². The van der Waals surface area contributed by atoms with Gasteiger partial charge in [-0.2, -0.15) is 0 Å². The molecule has 0 aromatic heterocycles. The summed E-state index contributed by atoms with van der Waals surface area (Å²) in [7, 11) is 0. The number of benzene rings is 1. The topological polar surface area (TPSA) is 32.3 Å². The summed E-state index contributed by atoms with van der Waals surface area (Å²) in [5.74, 6) is 0.483. The van der Waals surface area contributed by atoms with E-state index in [4.69, 9.17) is 0 Å². The Labute approximate surface area is 102 Å². The molecule has 0 radical (unpaired) electrons. The Morgan fingerprint density at radius 1 is 1.41 bits per heavy atom. The Bertz CT molecular complexity index is 372. The fourth-order valence-corrected chi connectivity index (χ4v) is 2.51. The Balaban J connectivity index is 2.09. The molecule has 0 atom stereocenters. The number of hydrogen-bond acceptors (Lipinski definition) is 2. The van der Waals surface area contributed by atoms with E-state index >= 15 is 0 Å². The molecule has 94 valence electrons. The first-order valence-electron chi connectivity index (χ1n) is 6.28. The van der Waals surface area contributed by atoms with Crippen LogP contribution in [-0.2, 0) is 0 Å². The van der Waals surface area contributed by atoms with Gasteiger partial charge in [0.15, 0.2) is 0 Å². The Hall–Kier alpha value is -1.09. The Kier molecular flexibility index (Phi) is 3.67. The summed E-state index contributed by atoms with van der Waals surface area (Å²) in [6.45, 7) is 2.35. The summed E-state index contributed by atoms with van der Waals surface area (Å²) in [4.78, 5) is 0. The van der Waals surface area contributed by atoms with Gasteiger partial charge in [0.1, 0.15) is 5.82 Å². The van der Waals surface area contributed by atoms with Crippen LogP contribution in [-0.4, -0.2) is 17.3 Å². The Morgan fingerprint density at radius 2 is 2.12 bits per heavy atom. The van der Waals surface area contributed by atoms with Crippen molar-refractivity contribution in [1.82, 2.24) is 0 Å². The van der Waals surface area contributed by atoms with Crippen LogP contribution in [0.2, 0.25) is 0 Å². The maximum Gasteiger partial charge on any atom is 0.125 e. The quantitative estimate of drug-likeness (QED) is 0.846. The van der Waals surface area contributed by atoms with Crippen LogP contribution in [0.3, 0.4) is 0 Å². The summed E-state index contributed by atoms with van der Waals surface area (Å²) >= 11 is 0. The molecule has 2 nitrogen and oxygen atoms in total. The predicted molar refractivity (Wildman–Crippen MR) is 67.5 cm³/mol. The highest BCUT2D eigenvalue weighted by Crippen LogP contribution is 2.34. The molecule has 0 heterocycles. The smallest absolute Gasteiger partial charge is 0.125 e. The molecule has 2 rings (SSSR count). The third-order valence-corrected chi connectivity index (χ3v) is 3.77. The summed E-state index contributed by atoms with van der Waals surface area (Å²) in [6.07, 6.45) is 4.12. The lowest BCUT2D eigenvalue weighted by molar-refractivity contribution is 0.155. The molecule has 1 aliphatic rings. The normalized spacial score (nSPS) is 29.0. The van der Waals surface area contributed by atoms with Crippen molar-refractivity contribution in [2.24, 2.45) is 5.92 Å². The van der Waals surface area contributed by atoms with Gasteiger partial charge >= 0.3 is 0 Å². The summed E-state index contributed by atoms with van der Waals surface area (Å²) < 4.78 is 13.1. The molecule has 2 N–H and O–H groups in total. The number of aliphatic hydroxyl groups excluding tert-OH is 1. The molecule has 0 unspecified atom stereocenters. The lowest BCUT2D eigenvalue weighted by atomic mass is 9.77. The molecule has 1 aromatic carbocycles. The minimum absolute atomic E-state index is 0.107. The SMILES string of the molecule is CC1CCC(CO)(Nc2cccc(F)c2)CC1. The molecular formula is C14H20FNO. The third kappa shape index (κ3) is 2.97. The van der Waals surface area contributed by atoms with Crippen LogP contribution in [0, 0.1) is 11.7 Å². The molecule has 0 spiro atoms. The average molecular weight is 237 g/mol. The number of rotatable bonds is 3. The van der Waals surface area contributed by atoms with Gasteiger partial charge in [-0.3, -0.25) is 0 Å². The number of nitrogens with one attached hydrogen (secondary N) is 1. The van der Waals surface area contributed by atoms with Crippen molar-refractivity contribution in [2.45, 2.75) is 38.1 Å². The van der Waals surface area contributed by atoms with Gasteiger partial charge in [0.2, 0.25) is 0 Å². The van der Waals surface area contributed by atoms with Crippen molar-refractivity contribution in [1.29, 1.82) is 0 Å². The zero-order valence-electron chi connectivity index (χ0n) is 10.2. The van der Waals surface area contributed by atoms with Crippen LogP contribution in [0.5, 0.6) is 0 Å². The van der Waals surface area contributed by atoms with Gasteiger partial charge in [-0.1, -0.05) is 13.0 Å². The second-order valence-corrected chi connectivity index (χ2v) is 5.26. The van der Waals surface area contributed by atoms with Gasteiger partial charge in [0.05, 0.1) is 12.1 Å². The molecule has 17 heavy (non-hydrogen) atoms. The van der Waals surface area contributed by atoms with Crippen molar-refractivity contribution < 1.29 is 9.50 Å². The molecule has 0 amide bonds. The highest BCUT2D eigenvalue weighted by Gasteiger charge is 2.33. The summed E-state index contributed by atoms with van der Waals surface area (Å²) in [5, 5.41) is 12.9. The van der Waals surface area contributed by atoms with E-state index in [1.165, 1.54) is 12.1 Å². The first-order valence-corrected chi connectivity index (χ1v) is 6.28. The van der Waals surface area contributed by atoms with E-state index in [-0.39, 0.29) is 18.0 Å². The largest absolute Gasteiger partial charge is 0.394 e. The fraction of sp³-hybridized carbons (Fsp3) is 0.571. The second kappa shape index (κ2) is 5.05. The van der Waals surface area contributed by atoms with Crippen LogP contribution in [0.25, 0.3) is 0 Å². The van der Waals surface area contributed by atoms with Crippen LogP contribution >= 0.6 is 0 Å². The van der Waals surface area contributed by atoms with Gasteiger partial charge in [0.25, 0.3) is 0 Å². The molecular weight excluding hydrogens is 217 g/mol. The second-order valence-electron chi connectivity index (χ2n) is 5.26. The van der Waals surface area contributed by atoms with E-state index in [1.807, 2.05) is 6.07 Å². The molecule has 1 fully saturated rings.